The molecule has 0 bridgehead atoms. The summed E-state index contributed by atoms with van der Waals surface area (Å²) in [6.07, 6.45) is 1.86. The lowest BCUT2D eigenvalue weighted by Gasteiger charge is -2.02. The summed E-state index contributed by atoms with van der Waals surface area (Å²) in [4.78, 5) is 0. The number of allylic oxidation sites excluding steroid dienone is 1. The average Bonchev–Trinajstić information content (AvgIpc) is 1.87. The van der Waals surface area contributed by atoms with Gasteiger partial charge in [0.1, 0.15) is 0 Å². The largest absolute Gasteiger partial charge is 0.408 e. The van der Waals surface area contributed by atoms with Gasteiger partial charge in [-0.15, -0.1) is 0 Å². The van der Waals surface area contributed by atoms with Crippen molar-refractivity contribution in [1.82, 2.24) is 0 Å². The Hall–Kier alpha value is -0.440. The highest BCUT2D eigenvalue weighted by molar-refractivity contribution is 7.90. The van der Waals surface area contributed by atoms with Crippen molar-refractivity contribution in [3.05, 3.63) is 24.0 Å². The van der Waals surface area contributed by atoms with Gasteiger partial charge in [-0.25, -0.2) is 0 Å². The first kappa shape index (κ1) is 9.56. The SMILES string of the molecule is BC(=C)OSO/C(B)=C/C. The Balaban J connectivity index is 3.29. The third-order valence-electron chi connectivity index (χ3n) is 0.748. The van der Waals surface area contributed by atoms with Gasteiger partial charge in [-0.1, -0.05) is 12.7 Å². The van der Waals surface area contributed by atoms with Crippen molar-refractivity contribution in [1.29, 1.82) is 0 Å². The first-order valence-corrected chi connectivity index (χ1v) is 3.63. The van der Waals surface area contributed by atoms with Crippen molar-refractivity contribution in [2.24, 2.45) is 0 Å². The Morgan fingerprint density at radius 2 is 2.10 bits per heavy atom. The van der Waals surface area contributed by atoms with E-state index in [9.17, 15) is 0 Å². The molecule has 0 radical (unpaired) electrons. The van der Waals surface area contributed by atoms with Gasteiger partial charge in [-0.05, 0) is 6.92 Å². The summed E-state index contributed by atoms with van der Waals surface area (Å²) in [6, 6.07) is 0. The molecule has 0 aromatic carbocycles. The third-order valence-corrected chi connectivity index (χ3v) is 1.43. The van der Waals surface area contributed by atoms with Gasteiger partial charge in [0.25, 0.3) is 12.3 Å². The summed E-state index contributed by atoms with van der Waals surface area (Å²) < 4.78 is 9.87. The second kappa shape index (κ2) is 5.35. The summed E-state index contributed by atoms with van der Waals surface area (Å²) in [7, 11) is 3.62. The Morgan fingerprint density at radius 1 is 1.50 bits per heavy atom. The maximum atomic E-state index is 5.00. The van der Waals surface area contributed by atoms with E-state index in [1.807, 2.05) is 20.8 Å². The molecule has 0 N–H and O–H groups in total. The zero-order valence-corrected chi connectivity index (χ0v) is 7.33. The van der Waals surface area contributed by atoms with Gasteiger partial charge in [-0.2, -0.15) is 0 Å². The molecule has 0 amide bonds. The van der Waals surface area contributed by atoms with E-state index in [4.69, 9.17) is 8.37 Å². The van der Waals surface area contributed by atoms with E-state index in [2.05, 4.69) is 6.58 Å². The number of hydrogen-bond acceptors (Lipinski definition) is 3. The highest BCUT2D eigenvalue weighted by Gasteiger charge is 1.90. The molecule has 0 fully saturated rings. The lowest BCUT2D eigenvalue weighted by Crippen LogP contribution is -1.85. The van der Waals surface area contributed by atoms with Crippen LogP contribution in [0, 0.1) is 0 Å². The van der Waals surface area contributed by atoms with Gasteiger partial charge in [0.05, 0.1) is 11.3 Å². The van der Waals surface area contributed by atoms with E-state index >= 15 is 0 Å². The zero-order chi connectivity index (χ0) is 7.98. The van der Waals surface area contributed by atoms with Crippen LogP contribution in [0.3, 0.4) is 0 Å². The van der Waals surface area contributed by atoms with E-state index < -0.39 is 0 Å². The first-order valence-electron chi connectivity index (χ1n) is 2.96. The second-order valence-electron chi connectivity index (χ2n) is 1.84. The van der Waals surface area contributed by atoms with Gasteiger partial charge in [0.15, 0.2) is 15.7 Å². The summed E-state index contributed by atoms with van der Waals surface area (Å²) in [5.74, 6) is 0. The van der Waals surface area contributed by atoms with Crippen LogP contribution >= 0.6 is 12.3 Å². The van der Waals surface area contributed by atoms with Crippen LogP contribution in [0.25, 0.3) is 0 Å². The predicted molar refractivity (Wildman–Crippen MR) is 49.7 cm³/mol. The molecule has 0 rings (SSSR count). The molecule has 0 saturated carbocycles. The molecule has 0 aliphatic heterocycles. The van der Waals surface area contributed by atoms with Gasteiger partial charge < -0.3 is 8.37 Å². The van der Waals surface area contributed by atoms with Crippen LogP contribution < -0.4 is 0 Å². The lowest BCUT2D eigenvalue weighted by atomic mass is 10.1. The fraction of sp³-hybridized carbons (Fsp3) is 0.200. The van der Waals surface area contributed by atoms with Crippen molar-refractivity contribution >= 4 is 28.0 Å². The standard InChI is InChI=1S/C5H10B2O2S/c1-3-5(7)9-10-8-4(2)6/h3H,2,6-7H2,1H3/b5-3+. The molecule has 2 nitrogen and oxygen atoms in total. The van der Waals surface area contributed by atoms with Crippen LogP contribution in [0.2, 0.25) is 0 Å². The van der Waals surface area contributed by atoms with Crippen LogP contribution in [-0.4, -0.2) is 15.7 Å². The molecule has 0 unspecified atom stereocenters. The molecule has 0 aliphatic rings. The maximum Gasteiger partial charge on any atom is 0.290 e. The van der Waals surface area contributed by atoms with E-state index in [0.717, 1.165) is 18.0 Å². The van der Waals surface area contributed by atoms with Gasteiger partial charge in [0.2, 0.25) is 0 Å². The van der Waals surface area contributed by atoms with Crippen LogP contribution in [0.5, 0.6) is 0 Å². The molecule has 0 spiro atoms. The summed E-state index contributed by atoms with van der Waals surface area (Å²) in [5.41, 5.74) is 1.46. The minimum Gasteiger partial charge on any atom is -0.408 e. The molecule has 0 heterocycles. The second-order valence-corrected chi connectivity index (χ2v) is 2.31. The van der Waals surface area contributed by atoms with Crippen LogP contribution in [0.4, 0.5) is 0 Å². The van der Waals surface area contributed by atoms with Gasteiger partial charge in [-0.3, -0.25) is 0 Å². The minimum absolute atomic E-state index is 0.633. The third kappa shape index (κ3) is 5.69. The molecule has 0 aromatic rings. The quantitative estimate of drug-likeness (QED) is 0.328. The van der Waals surface area contributed by atoms with E-state index in [1.165, 1.54) is 0 Å². The van der Waals surface area contributed by atoms with Crippen molar-refractivity contribution in [2.75, 3.05) is 0 Å². The normalized spacial score (nSPS) is 10.7. The highest BCUT2D eigenvalue weighted by Crippen LogP contribution is 2.11. The lowest BCUT2D eigenvalue weighted by molar-refractivity contribution is 0.437. The average molecular weight is 156 g/mol. The molecule has 10 heavy (non-hydrogen) atoms. The maximum absolute atomic E-state index is 5.00. The molecule has 0 aromatic heterocycles. The topological polar surface area (TPSA) is 18.5 Å². The fourth-order valence-electron chi connectivity index (χ4n) is 0.177. The Morgan fingerprint density at radius 3 is 2.50 bits per heavy atom. The van der Waals surface area contributed by atoms with Crippen LogP contribution in [0.1, 0.15) is 6.92 Å². The highest BCUT2D eigenvalue weighted by atomic mass is 32.2. The molecule has 5 heteroatoms. The van der Waals surface area contributed by atoms with Crippen molar-refractivity contribution < 1.29 is 8.37 Å². The molecular formula is C5H10B2O2S. The van der Waals surface area contributed by atoms with E-state index in [1.54, 1.807) is 7.85 Å². The summed E-state index contributed by atoms with van der Waals surface area (Å²) in [5, 5.41) is 0. The van der Waals surface area contributed by atoms with E-state index in [0.29, 0.717) is 5.66 Å². The molecular weight excluding hydrogens is 146 g/mol. The smallest absolute Gasteiger partial charge is 0.290 e. The molecule has 0 aliphatic carbocycles. The van der Waals surface area contributed by atoms with Crippen molar-refractivity contribution in [2.45, 2.75) is 6.92 Å². The van der Waals surface area contributed by atoms with E-state index in [-0.39, 0.29) is 0 Å². The molecule has 0 saturated heterocycles. The van der Waals surface area contributed by atoms with Crippen LogP contribution in [-0.2, 0) is 8.37 Å². The Labute approximate surface area is 67.9 Å². The fourth-order valence-corrected chi connectivity index (χ4v) is 0.531. The zero-order valence-electron chi connectivity index (χ0n) is 6.51. The monoisotopic (exact) mass is 156 g/mol. The minimum atomic E-state index is 0.633. The Kier molecular flexibility index (Phi) is 5.12. The summed E-state index contributed by atoms with van der Waals surface area (Å²) >= 11 is 0.926. The molecule has 54 valence electrons. The molecule has 0 atom stereocenters. The first-order chi connectivity index (χ1) is 4.66. The van der Waals surface area contributed by atoms with Crippen molar-refractivity contribution in [3.8, 4) is 0 Å². The van der Waals surface area contributed by atoms with Crippen molar-refractivity contribution in [3.63, 3.8) is 0 Å². The predicted octanol–water partition coefficient (Wildman–Crippen LogP) is 0.181. The van der Waals surface area contributed by atoms with Gasteiger partial charge >= 0.3 is 0 Å². The Bertz CT molecular complexity index is 147. The van der Waals surface area contributed by atoms with Gasteiger partial charge in [0, 0.05) is 0 Å². The number of hydrogen-bond donors (Lipinski definition) is 0. The summed E-state index contributed by atoms with van der Waals surface area (Å²) in [6.45, 7) is 5.43. The number of rotatable bonds is 4. The van der Waals surface area contributed by atoms with Crippen LogP contribution in [0.15, 0.2) is 24.0 Å².